The summed E-state index contributed by atoms with van der Waals surface area (Å²) in [6.07, 6.45) is 2.78. The van der Waals surface area contributed by atoms with Crippen molar-refractivity contribution in [2.75, 3.05) is 26.7 Å². The maximum atomic E-state index is 12.9. The molecule has 1 saturated heterocycles. The molecule has 0 saturated carbocycles. The second-order valence-corrected chi connectivity index (χ2v) is 9.67. The molecule has 0 aliphatic carbocycles. The Morgan fingerprint density at radius 3 is 2.39 bits per heavy atom. The summed E-state index contributed by atoms with van der Waals surface area (Å²) in [5.41, 5.74) is 2.89. The highest BCUT2D eigenvalue weighted by Gasteiger charge is 2.33. The van der Waals surface area contributed by atoms with Crippen molar-refractivity contribution in [1.82, 2.24) is 14.6 Å². The molecule has 0 aromatic heterocycles. The first-order valence-corrected chi connectivity index (χ1v) is 12.2. The number of rotatable bonds is 4. The predicted molar refractivity (Wildman–Crippen MR) is 125 cm³/mol. The lowest BCUT2D eigenvalue weighted by atomic mass is 9.91. The molecule has 1 N–H and O–H groups in total. The summed E-state index contributed by atoms with van der Waals surface area (Å²) in [7, 11) is -2.11. The first-order chi connectivity index (χ1) is 15.0. The van der Waals surface area contributed by atoms with Crippen molar-refractivity contribution in [1.29, 1.82) is 0 Å². The van der Waals surface area contributed by atoms with Gasteiger partial charge in [-0.1, -0.05) is 60.5 Å². The number of halogens is 1. The molecule has 1 atom stereocenters. The van der Waals surface area contributed by atoms with Gasteiger partial charge in [-0.25, -0.2) is 5.01 Å². The van der Waals surface area contributed by atoms with Gasteiger partial charge in [0, 0.05) is 31.1 Å². The highest BCUT2D eigenvalue weighted by Crippen LogP contribution is 2.29. The van der Waals surface area contributed by atoms with Crippen LogP contribution in [-0.4, -0.2) is 56.1 Å². The molecule has 2 heterocycles. The topological polar surface area (TPSA) is 77.4 Å². The number of nitrogens with zero attached hydrogens (tertiary/aromatic N) is 4. The van der Waals surface area contributed by atoms with Gasteiger partial charge in [0.15, 0.2) is 0 Å². The van der Waals surface area contributed by atoms with Gasteiger partial charge in [0.1, 0.15) is 0 Å². The van der Waals surface area contributed by atoms with E-state index in [4.69, 9.17) is 16.7 Å². The minimum atomic E-state index is -3.77. The van der Waals surface area contributed by atoms with Gasteiger partial charge in [-0.3, -0.25) is 0 Å². The van der Waals surface area contributed by atoms with Crippen LogP contribution in [0, 0.1) is 0 Å². The van der Waals surface area contributed by atoms with Crippen LogP contribution in [-0.2, 0) is 10.2 Å². The minimum Gasteiger partial charge on any atom is -0.357 e. The molecule has 164 valence electrons. The molecule has 4 rings (SSSR count). The fourth-order valence-electron chi connectivity index (χ4n) is 3.95. The smallest absolute Gasteiger partial charge is 0.325 e. The number of hydrazone groups is 1. The van der Waals surface area contributed by atoms with Crippen LogP contribution in [0.4, 0.5) is 0 Å². The van der Waals surface area contributed by atoms with Gasteiger partial charge in [-0.2, -0.15) is 17.8 Å². The summed E-state index contributed by atoms with van der Waals surface area (Å²) in [5, 5.41) is 10.0. The minimum absolute atomic E-state index is 0.0291. The molecule has 31 heavy (non-hydrogen) atoms. The third-order valence-corrected chi connectivity index (χ3v) is 7.24. The van der Waals surface area contributed by atoms with Crippen molar-refractivity contribution >= 4 is 33.5 Å². The standard InChI is InChI=1S/C22H26ClN5O2S/c1-24-22(26-31(29,30)27-14-6-3-7-15-27)28-16-20(17-8-4-2-5-9-17)21(25-28)18-10-12-19(23)13-11-18/h2,4-5,8-13,20H,3,6-7,14-16H2,1H3,(H,24,26)/t20-/m0/s1. The van der Waals surface area contributed by atoms with Crippen LogP contribution in [0.2, 0.25) is 5.02 Å². The molecule has 7 nitrogen and oxygen atoms in total. The zero-order valence-corrected chi connectivity index (χ0v) is 19.0. The first-order valence-electron chi connectivity index (χ1n) is 10.4. The number of benzene rings is 2. The van der Waals surface area contributed by atoms with Crippen LogP contribution in [0.5, 0.6) is 0 Å². The Balaban J connectivity index is 1.69. The molecule has 0 bridgehead atoms. The van der Waals surface area contributed by atoms with Crippen molar-refractivity contribution < 1.29 is 8.42 Å². The van der Waals surface area contributed by atoms with Gasteiger partial charge < -0.3 is 5.32 Å². The van der Waals surface area contributed by atoms with E-state index in [1.54, 1.807) is 12.1 Å². The first kappa shape index (κ1) is 21.8. The van der Waals surface area contributed by atoms with Crippen LogP contribution in [0.15, 0.2) is 64.1 Å². The van der Waals surface area contributed by atoms with E-state index in [1.165, 1.54) is 4.31 Å². The Labute approximate surface area is 188 Å². The van der Waals surface area contributed by atoms with Gasteiger partial charge in [0.25, 0.3) is 0 Å². The second kappa shape index (κ2) is 9.38. The van der Waals surface area contributed by atoms with E-state index in [9.17, 15) is 8.42 Å². The zero-order valence-electron chi connectivity index (χ0n) is 17.4. The second-order valence-electron chi connectivity index (χ2n) is 7.64. The normalized spacial score (nSPS) is 20.6. The molecular weight excluding hydrogens is 434 g/mol. The van der Waals surface area contributed by atoms with E-state index in [-0.39, 0.29) is 11.9 Å². The number of piperidine rings is 1. The highest BCUT2D eigenvalue weighted by molar-refractivity contribution is 7.87. The average molecular weight is 460 g/mol. The van der Waals surface area contributed by atoms with Crippen LogP contribution in [0.1, 0.15) is 36.3 Å². The van der Waals surface area contributed by atoms with Crippen molar-refractivity contribution in [2.45, 2.75) is 25.2 Å². The van der Waals surface area contributed by atoms with Gasteiger partial charge in [0.2, 0.25) is 5.96 Å². The maximum Gasteiger partial charge on any atom is 0.325 e. The number of hydrogen-bond donors (Lipinski definition) is 1. The summed E-state index contributed by atoms with van der Waals surface area (Å²) in [4.78, 5) is 0. The summed E-state index contributed by atoms with van der Waals surface area (Å²) in [6.45, 7) is 1.50. The molecular formula is C22H26ClN5O2S. The Bertz CT molecular complexity index is 1060. The van der Waals surface area contributed by atoms with E-state index < -0.39 is 10.2 Å². The Morgan fingerprint density at radius 2 is 1.74 bits per heavy atom. The zero-order chi connectivity index (χ0) is 21.8. The Morgan fingerprint density at radius 1 is 1.06 bits per heavy atom. The lowest BCUT2D eigenvalue weighted by Crippen LogP contribution is -2.40. The summed E-state index contributed by atoms with van der Waals surface area (Å²) in [5.74, 6) is 0.189. The van der Waals surface area contributed by atoms with Crippen molar-refractivity contribution in [3.63, 3.8) is 0 Å². The van der Waals surface area contributed by atoms with Gasteiger partial charge in [-0.05, 0) is 36.1 Å². The maximum absolute atomic E-state index is 12.9. The lowest BCUT2D eigenvalue weighted by Gasteiger charge is -2.24. The summed E-state index contributed by atoms with van der Waals surface area (Å²) >= 11 is 6.07. The van der Waals surface area contributed by atoms with Crippen LogP contribution in [0.3, 0.4) is 0 Å². The van der Waals surface area contributed by atoms with Crippen molar-refractivity contribution in [2.24, 2.45) is 9.50 Å². The SMILES string of the molecule is CN/C(=N\S(=O)(=O)N1CCCCC1)N1C[C@@H](c2ccccc2)C(c2ccc(Cl)cc2)=N1. The fraction of sp³-hybridized carbons (Fsp3) is 0.364. The average Bonchev–Trinajstić information content (AvgIpc) is 3.24. The van der Waals surface area contributed by atoms with Crippen LogP contribution < -0.4 is 5.32 Å². The highest BCUT2D eigenvalue weighted by atomic mass is 35.5. The Kier molecular flexibility index (Phi) is 6.60. The molecule has 2 aliphatic rings. The molecule has 2 aromatic rings. The lowest BCUT2D eigenvalue weighted by molar-refractivity contribution is 0.346. The molecule has 2 aromatic carbocycles. The largest absolute Gasteiger partial charge is 0.357 e. The van der Waals surface area contributed by atoms with Gasteiger partial charge >= 0.3 is 10.2 Å². The van der Waals surface area contributed by atoms with E-state index in [1.807, 2.05) is 42.5 Å². The third-order valence-electron chi connectivity index (χ3n) is 5.57. The molecule has 2 aliphatic heterocycles. The van der Waals surface area contributed by atoms with Gasteiger partial charge in [0.05, 0.1) is 12.3 Å². The van der Waals surface area contributed by atoms with Crippen molar-refractivity contribution in [3.8, 4) is 0 Å². The monoisotopic (exact) mass is 459 g/mol. The van der Waals surface area contributed by atoms with E-state index >= 15 is 0 Å². The summed E-state index contributed by atoms with van der Waals surface area (Å²) < 4.78 is 31.3. The molecule has 0 unspecified atom stereocenters. The van der Waals surface area contributed by atoms with Crippen LogP contribution in [0.25, 0.3) is 0 Å². The number of nitrogens with one attached hydrogen (secondary N) is 1. The number of guanidine groups is 1. The molecule has 0 radical (unpaired) electrons. The Hall–Kier alpha value is -2.42. The molecule has 1 fully saturated rings. The van der Waals surface area contributed by atoms with E-state index in [0.29, 0.717) is 24.7 Å². The van der Waals surface area contributed by atoms with Crippen molar-refractivity contribution in [3.05, 3.63) is 70.7 Å². The van der Waals surface area contributed by atoms with E-state index in [2.05, 4.69) is 21.8 Å². The van der Waals surface area contributed by atoms with Gasteiger partial charge in [-0.15, -0.1) is 4.40 Å². The molecule has 0 amide bonds. The quantitative estimate of drug-likeness (QED) is 0.561. The fourth-order valence-corrected chi connectivity index (χ4v) is 5.31. The van der Waals surface area contributed by atoms with E-state index in [0.717, 1.165) is 36.1 Å². The van der Waals surface area contributed by atoms with Crippen LogP contribution >= 0.6 is 11.6 Å². The summed E-state index contributed by atoms with van der Waals surface area (Å²) in [6, 6.07) is 17.6. The third kappa shape index (κ3) is 4.92. The molecule has 9 heteroatoms. The number of hydrogen-bond acceptors (Lipinski definition) is 3. The predicted octanol–water partition coefficient (Wildman–Crippen LogP) is 3.45. The molecule has 0 spiro atoms.